The van der Waals surface area contributed by atoms with Crippen molar-refractivity contribution in [2.45, 2.75) is 12.5 Å². The van der Waals surface area contributed by atoms with Crippen molar-refractivity contribution in [1.82, 2.24) is 20.5 Å². The highest BCUT2D eigenvalue weighted by Gasteiger charge is 2.32. The number of benzene rings is 1. The maximum atomic E-state index is 12.3. The lowest BCUT2D eigenvalue weighted by Gasteiger charge is -2.21. The minimum absolute atomic E-state index is 0.0835. The monoisotopic (exact) mass is 368 g/mol. The van der Waals surface area contributed by atoms with E-state index in [1.807, 2.05) is 30.3 Å². The standard InChI is InChI=1S/C19H20N4O4/c24-17(8-23-9-18(25)22-19(23)26)21-16-11-27-10-13(16)7-12-5-6-20-15-4-2-1-3-14(12)15/h1-6,13,16H,7-11H2,(H,21,24)(H,22,25,26)/t13-,16+/m1/s1. The van der Waals surface area contributed by atoms with Gasteiger partial charge < -0.3 is 15.0 Å². The number of fused-ring (bicyclic) bond motifs is 1. The van der Waals surface area contributed by atoms with E-state index in [1.54, 1.807) is 6.20 Å². The summed E-state index contributed by atoms with van der Waals surface area (Å²) in [7, 11) is 0. The van der Waals surface area contributed by atoms with Crippen molar-refractivity contribution in [2.24, 2.45) is 5.92 Å². The molecule has 0 saturated carbocycles. The van der Waals surface area contributed by atoms with Gasteiger partial charge in [0.1, 0.15) is 13.1 Å². The zero-order valence-electron chi connectivity index (χ0n) is 14.7. The van der Waals surface area contributed by atoms with Crippen molar-refractivity contribution in [3.63, 3.8) is 0 Å². The third kappa shape index (κ3) is 3.75. The van der Waals surface area contributed by atoms with Crippen LogP contribution >= 0.6 is 0 Å². The first-order valence-corrected chi connectivity index (χ1v) is 8.88. The van der Waals surface area contributed by atoms with Crippen LogP contribution in [0, 0.1) is 5.92 Å². The van der Waals surface area contributed by atoms with E-state index in [1.165, 1.54) is 10.5 Å². The number of hydrogen-bond donors (Lipinski definition) is 2. The normalized spacial score (nSPS) is 22.3. The smallest absolute Gasteiger partial charge is 0.325 e. The number of hydrogen-bond acceptors (Lipinski definition) is 5. The summed E-state index contributed by atoms with van der Waals surface area (Å²) >= 11 is 0. The Morgan fingerprint density at radius 1 is 1.26 bits per heavy atom. The molecule has 1 aromatic carbocycles. The number of ether oxygens (including phenoxy) is 1. The van der Waals surface area contributed by atoms with Gasteiger partial charge >= 0.3 is 6.03 Å². The van der Waals surface area contributed by atoms with Crippen LogP contribution in [0.5, 0.6) is 0 Å². The zero-order chi connectivity index (χ0) is 18.8. The first kappa shape index (κ1) is 17.4. The summed E-state index contributed by atoms with van der Waals surface area (Å²) in [5.74, 6) is -0.548. The first-order chi connectivity index (χ1) is 13.1. The molecule has 2 saturated heterocycles. The van der Waals surface area contributed by atoms with Gasteiger partial charge in [0, 0.05) is 17.5 Å². The van der Waals surface area contributed by atoms with Gasteiger partial charge in [-0.15, -0.1) is 0 Å². The predicted octanol–water partition coefficient (Wildman–Crippen LogP) is 0.460. The molecular weight excluding hydrogens is 348 g/mol. The summed E-state index contributed by atoms with van der Waals surface area (Å²) < 4.78 is 5.59. The Morgan fingerprint density at radius 3 is 2.93 bits per heavy atom. The van der Waals surface area contributed by atoms with Gasteiger partial charge in [0.25, 0.3) is 0 Å². The van der Waals surface area contributed by atoms with Gasteiger partial charge in [0.2, 0.25) is 11.8 Å². The van der Waals surface area contributed by atoms with Gasteiger partial charge in [0.15, 0.2) is 0 Å². The molecule has 27 heavy (non-hydrogen) atoms. The SMILES string of the molecule is O=C1CN(CC(=O)N[C@H]2COC[C@H]2Cc2ccnc3ccccc23)C(=O)N1. The molecule has 0 unspecified atom stereocenters. The maximum absolute atomic E-state index is 12.3. The van der Waals surface area contributed by atoms with E-state index in [0.717, 1.165) is 17.3 Å². The van der Waals surface area contributed by atoms with Crippen LogP contribution in [0.25, 0.3) is 10.9 Å². The van der Waals surface area contributed by atoms with E-state index in [2.05, 4.69) is 15.6 Å². The lowest BCUT2D eigenvalue weighted by Crippen LogP contribution is -2.46. The van der Waals surface area contributed by atoms with Crippen LogP contribution in [-0.4, -0.2) is 60.1 Å². The lowest BCUT2D eigenvalue weighted by molar-refractivity contribution is -0.122. The van der Waals surface area contributed by atoms with E-state index >= 15 is 0 Å². The van der Waals surface area contributed by atoms with Crippen LogP contribution in [0.3, 0.4) is 0 Å². The van der Waals surface area contributed by atoms with E-state index in [4.69, 9.17) is 4.74 Å². The van der Waals surface area contributed by atoms with Crippen LogP contribution in [0.1, 0.15) is 5.56 Å². The van der Waals surface area contributed by atoms with E-state index in [9.17, 15) is 14.4 Å². The number of para-hydroxylation sites is 1. The van der Waals surface area contributed by atoms with Crippen LogP contribution < -0.4 is 10.6 Å². The van der Waals surface area contributed by atoms with Gasteiger partial charge in [-0.2, -0.15) is 0 Å². The fourth-order valence-corrected chi connectivity index (χ4v) is 3.61. The van der Waals surface area contributed by atoms with Crippen LogP contribution in [0.15, 0.2) is 36.5 Å². The van der Waals surface area contributed by atoms with Crippen LogP contribution in [0.2, 0.25) is 0 Å². The van der Waals surface area contributed by atoms with Crippen molar-refractivity contribution in [3.05, 3.63) is 42.1 Å². The molecule has 140 valence electrons. The molecule has 3 heterocycles. The van der Waals surface area contributed by atoms with Crippen molar-refractivity contribution in [3.8, 4) is 0 Å². The maximum Gasteiger partial charge on any atom is 0.325 e. The quantitative estimate of drug-likeness (QED) is 0.747. The summed E-state index contributed by atoms with van der Waals surface area (Å²) in [6, 6.07) is 9.30. The zero-order valence-corrected chi connectivity index (χ0v) is 14.7. The van der Waals surface area contributed by atoms with Gasteiger partial charge in [-0.25, -0.2) is 4.79 Å². The fraction of sp³-hybridized carbons (Fsp3) is 0.368. The molecule has 2 aliphatic rings. The molecule has 0 aliphatic carbocycles. The second-order valence-electron chi connectivity index (χ2n) is 6.87. The Hall–Kier alpha value is -3.00. The summed E-state index contributed by atoms with van der Waals surface area (Å²) in [5, 5.41) is 6.21. The molecular formula is C19H20N4O4. The van der Waals surface area contributed by atoms with E-state index < -0.39 is 6.03 Å². The van der Waals surface area contributed by atoms with Gasteiger partial charge in [-0.1, -0.05) is 18.2 Å². The molecule has 2 aliphatic heterocycles. The molecule has 4 rings (SSSR count). The highest BCUT2D eigenvalue weighted by atomic mass is 16.5. The molecule has 0 radical (unpaired) electrons. The van der Waals surface area contributed by atoms with Gasteiger partial charge in [0.05, 0.1) is 24.8 Å². The van der Waals surface area contributed by atoms with Crippen LogP contribution in [0.4, 0.5) is 4.79 Å². The molecule has 4 amide bonds. The number of nitrogens with zero attached hydrogens (tertiary/aromatic N) is 2. The summed E-state index contributed by atoms with van der Waals surface area (Å²) in [4.78, 5) is 40.7. The van der Waals surface area contributed by atoms with Gasteiger partial charge in [-0.3, -0.25) is 19.9 Å². The number of imide groups is 1. The average Bonchev–Trinajstić information content (AvgIpc) is 3.21. The first-order valence-electron chi connectivity index (χ1n) is 8.88. The molecule has 1 aromatic heterocycles. The largest absolute Gasteiger partial charge is 0.379 e. The molecule has 2 aromatic rings. The summed E-state index contributed by atoms with van der Waals surface area (Å²) in [5.41, 5.74) is 2.11. The van der Waals surface area contributed by atoms with E-state index in [-0.39, 0.29) is 36.9 Å². The Kier molecular flexibility index (Phi) is 4.72. The van der Waals surface area contributed by atoms with Crippen molar-refractivity contribution >= 4 is 28.7 Å². The number of rotatable bonds is 5. The number of carbonyl (C=O) groups is 3. The Labute approximate surface area is 155 Å². The summed E-state index contributed by atoms with van der Waals surface area (Å²) in [6.45, 7) is 0.771. The molecule has 0 bridgehead atoms. The second kappa shape index (κ2) is 7.32. The second-order valence-corrected chi connectivity index (χ2v) is 6.87. The predicted molar refractivity (Wildman–Crippen MR) is 96.8 cm³/mol. The summed E-state index contributed by atoms with van der Waals surface area (Å²) in [6.07, 6.45) is 2.56. The van der Waals surface area contributed by atoms with Crippen molar-refractivity contribution in [1.29, 1.82) is 0 Å². The average molecular weight is 368 g/mol. The number of pyridine rings is 1. The molecule has 0 spiro atoms. The number of amides is 4. The molecule has 2 atom stereocenters. The highest BCUT2D eigenvalue weighted by molar-refractivity contribution is 6.03. The Bertz CT molecular complexity index is 895. The van der Waals surface area contributed by atoms with Crippen LogP contribution in [-0.2, 0) is 20.7 Å². The minimum atomic E-state index is -0.530. The third-order valence-corrected chi connectivity index (χ3v) is 4.97. The topological polar surface area (TPSA) is 101 Å². The van der Waals surface area contributed by atoms with Crippen molar-refractivity contribution in [2.75, 3.05) is 26.3 Å². The Morgan fingerprint density at radius 2 is 2.11 bits per heavy atom. The number of aromatic nitrogens is 1. The number of urea groups is 1. The van der Waals surface area contributed by atoms with E-state index in [0.29, 0.717) is 13.2 Å². The molecule has 8 nitrogen and oxygen atoms in total. The highest BCUT2D eigenvalue weighted by Crippen LogP contribution is 2.24. The molecule has 2 fully saturated rings. The molecule has 2 N–H and O–H groups in total. The number of carbonyl (C=O) groups excluding carboxylic acids is 3. The molecule has 8 heteroatoms. The number of nitrogens with one attached hydrogen (secondary N) is 2. The lowest BCUT2D eigenvalue weighted by atomic mass is 9.93. The minimum Gasteiger partial charge on any atom is -0.379 e. The Balaban J connectivity index is 1.41. The third-order valence-electron chi connectivity index (χ3n) is 4.97. The van der Waals surface area contributed by atoms with Crippen molar-refractivity contribution < 1.29 is 19.1 Å². The fourth-order valence-electron chi connectivity index (χ4n) is 3.61. The van der Waals surface area contributed by atoms with Gasteiger partial charge in [-0.05, 0) is 24.1 Å².